The Balaban J connectivity index is 2.67. The van der Waals surface area contributed by atoms with Gasteiger partial charge < -0.3 is 20.7 Å². The van der Waals surface area contributed by atoms with Gasteiger partial charge in [0, 0.05) is 12.6 Å². The zero-order valence-corrected chi connectivity index (χ0v) is 9.88. The lowest BCUT2D eigenvalue weighted by atomic mass is 10.2. The van der Waals surface area contributed by atoms with E-state index in [2.05, 4.69) is 0 Å². The zero-order valence-electron chi connectivity index (χ0n) is 9.88. The molecule has 2 atom stereocenters. The van der Waals surface area contributed by atoms with Crippen molar-refractivity contribution in [3.05, 3.63) is 0 Å². The SMILES string of the molecule is CC(C)(C)OC(=O)N1CC(N)CC1C(O)O. The monoisotopic (exact) mass is 232 g/mol. The lowest BCUT2D eigenvalue weighted by Crippen LogP contribution is -2.45. The van der Waals surface area contributed by atoms with Gasteiger partial charge in [0.25, 0.3) is 0 Å². The van der Waals surface area contributed by atoms with Crippen LogP contribution in [0.15, 0.2) is 0 Å². The average Bonchev–Trinajstić information content (AvgIpc) is 2.44. The molecule has 0 bridgehead atoms. The number of aliphatic hydroxyl groups excluding tert-OH is 1. The molecular formula is C10H20N2O4. The van der Waals surface area contributed by atoms with Gasteiger partial charge in [-0.15, -0.1) is 0 Å². The van der Waals surface area contributed by atoms with Crippen LogP contribution in [-0.4, -0.2) is 51.7 Å². The average molecular weight is 232 g/mol. The van der Waals surface area contributed by atoms with E-state index < -0.39 is 24.0 Å². The highest BCUT2D eigenvalue weighted by Gasteiger charge is 2.39. The second-order valence-corrected chi connectivity index (χ2v) is 5.11. The van der Waals surface area contributed by atoms with Crippen LogP contribution in [0.5, 0.6) is 0 Å². The number of carbonyl (C=O) groups excluding carboxylic acids is 1. The van der Waals surface area contributed by atoms with E-state index in [1.165, 1.54) is 4.90 Å². The van der Waals surface area contributed by atoms with Crippen LogP contribution in [0, 0.1) is 0 Å². The molecule has 1 fully saturated rings. The molecule has 1 heterocycles. The summed E-state index contributed by atoms with van der Waals surface area (Å²) < 4.78 is 5.16. The van der Waals surface area contributed by atoms with Gasteiger partial charge >= 0.3 is 6.09 Å². The number of amides is 1. The topological polar surface area (TPSA) is 96.0 Å². The van der Waals surface area contributed by atoms with Crippen molar-refractivity contribution in [2.45, 2.75) is 51.2 Å². The van der Waals surface area contributed by atoms with E-state index in [-0.39, 0.29) is 12.6 Å². The molecule has 1 aliphatic heterocycles. The first-order valence-electron chi connectivity index (χ1n) is 5.32. The first kappa shape index (κ1) is 13.2. The summed E-state index contributed by atoms with van der Waals surface area (Å²) in [5.41, 5.74) is 5.08. The van der Waals surface area contributed by atoms with E-state index in [1.54, 1.807) is 20.8 Å². The molecule has 1 rings (SSSR count). The van der Waals surface area contributed by atoms with Gasteiger partial charge in [0.2, 0.25) is 0 Å². The predicted molar refractivity (Wildman–Crippen MR) is 57.5 cm³/mol. The molecule has 6 nitrogen and oxygen atoms in total. The predicted octanol–water partition coefficient (Wildman–Crippen LogP) is -0.366. The Morgan fingerprint density at radius 2 is 2.06 bits per heavy atom. The molecule has 1 aliphatic rings. The van der Waals surface area contributed by atoms with Crippen molar-refractivity contribution in [3.63, 3.8) is 0 Å². The minimum Gasteiger partial charge on any atom is -0.444 e. The van der Waals surface area contributed by atoms with Gasteiger partial charge in [0.05, 0.1) is 6.04 Å². The maximum atomic E-state index is 11.7. The summed E-state index contributed by atoms with van der Waals surface area (Å²) in [6.45, 7) is 5.55. The van der Waals surface area contributed by atoms with E-state index in [4.69, 9.17) is 20.7 Å². The van der Waals surface area contributed by atoms with Gasteiger partial charge in [-0.3, -0.25) is 4.90 Å². The van der Waals surface area contributed by atoms with Crippen LogP contribution < -0.4 is 5.73 Å². The third-order valence-electron chi connectivity index (χ3n) is 2.35. The fourth-order valence-electron chi connectivity index (χ4n) is 1.71. The molecule has 0 radical (unpaired) electrons. The Hall–Kier alpha value is -0.850. The number of hydrogen-bond donors (Lipinski definition) is 3. The Morgan fingerprint density at radius 3 is 2.50 bits per heavy atom. The van der Waals surface area contributed by atoms with Gasteiger partial charge in [-0.25, -0.2) is 4.79 Å². The van der Waals surface area contributed by atoms with Crippen molar-refractivity contribution in [2.24, 2.45) is 5.73 Å². The number of nitrogens with zero attached hydrogens (tertiary/aromatic N) is 1. The minimum atomic E-state index is -1.58. The van der Waals surface area contributed by atoms with E-state index in [0.29, 0.717) is 6.42 Å². The van der Waals surface area contributed by atoms with Crippen LogP contribution in [0.4, 0.5) is 4.79 Å². The van der Waals surface area contributed by atoms with Crippen molar-refractivity contribution < 1.29 is 19.7 Å². The van der Waals surface area contributed by atoms with Crippen molar-refractivity contribution in [3.8, 4) is 0 Å². The molecule has 6 heteroatoms. The van der Waals surface area contributed by atoms with Crippen LogP contribution >= 0.6 is 0 Å². The molecule has 4 N–H and O–H groups in total. The quantitative estimate of drug-likeness (QED) is 0.536. The number of rotatable bonds is 1. The molecule has 94 valence electrons. The highest BCUT2D eigenvalue weighted by atomic mass is 16.6. The minimum absolute atomic E-state index is 0.237. The summed E-state index contributed by atoms with van der Waals surface area (Å²) in [6.07, 6.45) is -1.77. The molecule has 1 amide bonds. The Bertz CT molecular complexity index is 262. The lowest BCUT2D eigenvalue weighted by molar-refractivity contribution is -0.0913. The van der Waals surface area contributed by atoms with Crippen LogP contribution in [0.25, 0.3) is 0 Å². The summed E-state index contributed by atoms with van der Waals surface area (Å²) in [4.78, 5) is 13.0. The van der Waals surface area contributed by atoms with Gasteiger partial charge in [-0.1, -0.05) is 0 Å². The standard InChI is InChI=1S/C10H20N2O4/c1-10(2,3)16-9(15)12-5-6(11)4-7(12)8(13)14/h6-8,13-14H,4-5,11H2,1-3H3. The van der Waals surface area contributed by atoms with Crippen molar-refractivity contribution in [2.75, 3.05) is 6.54 Å². The maximum Gasteiger partial charge on any atom is 0.410 e. The Labute approximate surface area is 95.0 Å². The Kier molecular flexibility index (Phi) is 3.77. The summed E-state index contributed by atoms with van der Waals surface area (Å²) in [7, 11) is 0. The number of likely N-dealkylation sites (tertiary alicyclic amines) is 1. The number of carbonyl (C=O) groups is 1. The van der Waals surface area contributed by atoms with Gasteiger partial charge in [0.1, 0.15) is 5.60 Å². The normalized spacial score (nSPS) is 26.3. The fraction of sp³-hybridized carbons (Fsp3) is 0.900. The molecule has 0 aliphatic carbocycles. The van der Waals surface area contributed by atoms with E-state index >= 15 is 0 Å². The van der Waals surface area contributed by atoms with E-state index in [0.717, 1.165) is 0 Å². The van der Waals surface area contributed by atoms with Crippen LogP contribution in [-0.2, 0) is 4.74 Å². The second kappa shape index (κ2) is 4.57. The van der Waals surface area contributed by atoms with E-state index in [1.807, 2.05) is 0 Å². The summed E-state index contributed by atoms with van der Waals surface area (Å²) >= 11 is 0. The third-order valence-corrected chi connectivity index (χ3v) is 2.35. The zero-order chi connectivity index (χ0) is 12.5. The molecule has 0 aromatic heterocycles. The fourth-order valence-corrected chi connectivity index (χ4v) is 1.71. The number of hydrogen-bond acceptors (Lipinski definition) is 5. The number of ether oxygens (including phenoxy) is 1. The molecule has 0 aromatic rings. The first-order chi connectivity index (χ1) is 7.20. The third kappa shape index (κ3) is 3.33. The molecule has 2 unspecified atom stereocenters. The van der Waals surface area contributed by atoms with E-state index in [9.17, 15) is 4.79 Å². The molecule has 16 heavy (non-hydrogen) atoms. The largest absolute Gasteiger partial charge is 0.444 e. The smallest absolute Gasteiger partial charge is 0.410 e. The van der Waals surface area contributed by atoms with Crippen molar-refractivity contribution in [1.29, 1.82) is 0 Å². The van der Waals surface area contributed by atoms with Gasteiger partial charge in [0.15, 0.2) is 6.29 Å². The lowest BCUT2D eigenvalue weighted by Gasteiger charge is -2.29. The maximum absolute atomic E-state index is 11.7. The highest BCUT2D eigenvalue weighted by Crippen LogP contribution is 2.21. The second-order valence-electron chi connectivity index (χ2n) is 5.11. The summed E-state index contributed by atoms with van der Waals surface area (Å²) in [6, 6.07) is -0.913. The first-order valence-corrected chi connectivity index (χ1v) is 5.32. The van der Waals surface area contributed by atoms with Crippen LogP contribution in [0.2, 0.25) is 0 Å². The molecule has 0 saturated carbocycles. The van der Waals surface area contributed by atoms with Gasteiger partial charge in [-0.2, -0.15) is 0 Å². The van der Waals surface area contributed by atoms with Crippen molar-refractivity contribution in [1.82, 2.24) is 4.90 Å². The van der Waals surface area contributed by atoms with Crippen LogP contribution in [0.1, 0.15) is 27.2 Å². The van der Waals surface area contributed by atoms with Crippen LogP contribution in [0.3, 0.4) is 0 Å². The number of nitrogens with two attached hydrogens (primary N) is 1. The molecule has 1 saturated heterocycles. The molecular weight excluding hydrogens is 212 g/mol. The highest BCUT2D eigenvalue weighted by molar-refractivity contribution is 5.69. The number of aliphatic hydroxyl groups is 2. The van der Waals surface area contributed by atoms with Gasteiger partial charge in [-0.05, 0) is 27.2 Å². The van der Waals surface area contributed by atoms with Crippen molar-refractivity contribution >= 4 is 6.09 Å². The molecule has 0 spiro atoms. The Morgan fingerprint density at radius 1 is 1.50 bits per heavy atom. The summed E-state index contributed by atoms with van der Waals surface area (Å²) in [5.74, 6) is 0. The molecule has 0 aromatic carbocycles. The summed E-state index contributed by atoms with van der Waals surface area (Å²) in [5, 5.41) is 18.3.